The number of carbonyl (C=O) groups excluding carboxylic acids is 3. The predicted octanol–water partition coefficient (Wildman–Crippen LogP) is -2.69. The minimum Gasteiger partial charge on any atom is -0.480 e. The van der Waals surface area contributed by atoms with Crippen LogP contribution in [0.1, 0.15) is 26.7 Å². The molecule has 1 saturated heterocycles. The van der Waals surface area contributed by atoms with E-state index in [1.165, 1.54) is 13.8 Å². The molecule has 0 unspecified atom stereocenters. The molecule has 0 aliphatic carbocycles. The number of aliphatic hydroxyl groups excluding tert-OH is 1. The number of carbonyl (C=O) groups is 4. The van der Waals surface area contributed by atoms with E-state index < -0.39 is 42.5 Å². The number of aliphatic carboxylic acids is 1. The van der Waals surface area contributed by atoms with E-state index >= 15 is 0 Å². The van der Waals surface area contributed by atoms with Gasteiger partial charge >= 0.3 is 5.97 Å². The van der Waals surface area contributed by atoms with Crippen LogP contribution in [0.4, 0.5) is 0 Å². The molecule has 0 radical (unpaired) electrons. The highest BCUT2D eigenvalue weighted by Crippen LogP contribution is 2.05. The molecule has 3 amide bonds. The van der Waals surface area contributed by atoms with Gasteiger partial charge in [-0.25, -0.2) is 0 Å². The molecule has 0 aromatic carbocycles. The van der Waals surface area contributed by atoms with Gasteiger partial charge in [-0.15, -0.1) is 0 Å². The molecule has 0 aromatic rings. The zero-order chi connectivity index (χ0) is 18.3. The van der Waals surface area contributed by atoms with Gasteiger partial charge in [0.25, 0.3) is 0 Å². The Hall–Kier alpha value is -2.20. The highest BCUT2D eigenvalue weighted by Gasteiger charge is 2.28. The summed E-state index contributed by atoms with van der Waals surface area (Å²) in [6, 6.07) is -3.70. The highest BCUT2D eigenvalue weighted by molar-refractivity contribution is 5.93. The third kappa shape index (κ3) is 5.78. The van der Waals surface area contributed by atoms with Crippen LogP contribution < -0.4 is 21.3 Å². The van der Waals surface area contributed by atoms with Gasteiger partial charge in [0, 0.05) is 0 Å². The fraction of sp³-hybridized carbons (Fsp3) is 0.714. The van der Waals surface area contributed by atoms with Crippen LogP contribution in [0.25, 0.3) is 0 Å². The Morgan fingerprint density at radius 3 is 2.25 bits per heavy atom. The van der Waals surface area contributed by atoms with Gasteiger partial charge in [-0.05, 0) is 33.2 Å². The average Bonchev–Trinajstić information content (AvgIpc) is 3.06. The van der Waals surface area contributed by atoms with Gasteiger partial charge in [0.05, 0.1) is 12.6 Å². The molecule has 4 atom stereocenters. The average molecular weight is 344 g/mol. The normalized spacial score (nSPS) is 20.5. The van der Waals surface area contributed by atoms with Crippen LogP contribution in [0.15, 0.2) is 0 Å². The molecule has 1 aliphatic rings. The maximum absolute atomic E-state index is 12.0. The lowest BCUT2D eigenvalue weighted by molar-refractivity contribution is -0.142. The molecule has 6 N–H and O–H groups in total. The number of aliphatic hydroxyl groups is 1. The lowest BCUT2D eigenvalue weighted by atomic mass is 10.2. The monoisotopic (exact) mass is 344 g/mol. The standard InChI is InChI=1S/C14H24N4O6/c1-7(16-12(21)9-4-3-5-15-9)11(20)18-10(6-19)13(22)17-8(2)14(23)24/h7-10,15,19H,3-6H2,1-2H3,(H,16,21)(H,17,22)(H,18,20)(H,23,24)/t7-,8-,9-,10-/m0/s1. The van der Waals surface area contributed by atoms with Gasteiger partial charge in [0.1, 0.15) is 18.1 Å². The van der Waals surface area contributed by atoms with E-state index in [0.717, 1.165) is 13.0 Å². The van der Waals surface area contributed by atoms with E-state index in [-0.39, 0.29) is 11.9 Å². The Kier molecular flexibility index (Phi) is 7.59. The van der Waals surface area contributed by atoms with Crippen molar-refractivity contribution in [2.45, 2.75) is 50.9 Å². The second-order valence-corrected chi connectivity index (χ2v) is 5.69. The molecule has 1 aliphatic heterocycles. The topological polar surface area (TPSA) is 157 Å². The predicted molar refractivity (Wildman–Crippen MR) is 82.9 cm³/mol. The van der Waals surface area contributed by atoms with Gasteiger partial charge in [-0.1, -0.05) is 0 Å². The number of carboxylic acid groups (broad SMARTS) is 1. The fourth-order valence-electron chi connectivity index (χ4n) is 2.15. The van der Waals surface area contributed by atoms with Crippen LogP contribution in [-0.2, 0) is 19.2 Å². The maximum Gasteiger partial charge on any atom is 0.325 e. The second-order valence-electron chi connectivity index (χ2n) is 5.69. The third-order valence-electron chi connectivity index (χ3n) is 3.67. The van der Waals surface area contributed by atoms with Crippen molar-refractivity contribution in [3.8, 4) is 0 Å². The van der Waals surface area contributed by atoms with E-state index in [1.807, 2.05) is 0 Å². The molecule has 1 fully saturated rings. The van der Waals surface area contributed by atoms with Crippen molar-refractivity contribution in [2.75, 3.05) is 13.2 Å². The molecule has 1 heterocycles. The van der Waals surface area contributed by atoms with Crippen molar-refractivity contribution >= 4 is 23.7 Å². The van der Waals surface area contributed by atoms with Crippen molar-refractivity contribution < 1.29 is 29.4 Å². The molecular formula is C14H24N4O6. The minimum absolute atomic E-state index is 0.306. The van der Waals surface area contributed by atoms with E-state index in [1.54, 1.807) is 0 Å². The van der Waals surface area contributed by atoms with E-state index in [0.29, 0.717) is 6.42 Å². The van der Waals surface area contributed by atoms with Crippen molar-refractivity contribution in [1.29, 1.82) is 0 Å². The Bertz CT molecular complexity index is 492. The molecule has 0 bridgehead atoms. The molecule has 0 aromatic heterocycles. The Balaban J connectivity index is 2.51. The third-order valence-corrected chi connectivity index (χ3v) is 3.67. The summed E-state index contributed by atoms with van der Waals surface area (Å²) in [4.78, 5) is 46.5. The summed E-state index contributed by atoms with van der Waals surface area (Å²) in [6.45, 7) is 2.75. The molecular weight excluding hydrogens is 320 g/mol. The number of hydrogen-bond acceptors (Lipinski definition) is 6. The molecule has 136 valence electrons. The molecule has 10 nitrogen and oxygen atoms in total. The Morgan fingerprint density at radius 2 is 1.75 bits per heavy atom. The van der Waals surface area contributed by atoms with Gasteiger partial charge in [-0.3, -0.25) is 19.2 Å². The smallest absolute Gasteiger partial charge is 0.325 e. The second kappa shape index (κ2) is 9.18. The number of rotatable bonds is 8. The van der Waals surface area contributed by atoms with Gasteiger partial charge < -0.3 is 31.5 Å². The van der Waals surface area contributed by atoms with Gasteiger partial charge in [0.15, 0.2) is 0 Å². The van der Waals surface area contributed by atoms with Crippen LogP contribution in [0.2, 0.25) is 0 Å². The zero-order valence-electron chi connectivity index (χ0n) is 13.7. The molecule has 24 heavy (non-hydrogen) atoms. The largest absolute Gasteiger partial charge is 0.480 e. The number of nitrogens with one attached hydrogen (secondary N) is 4. The Morgan fingerprint density at radius 1 is 1.08 bits per heavy atom. The number of amides is 3. The highest BCUT2D eigenvalue weighted by atomic mass is 16.4. The fourth-order valence-corrected chi connectivity index (χ4v) is 2.15. The SMILES string of the molecule is C[C@H](NC(=O)[C@H](CO)NC(=O)[C@H](C)NC(=O)[C@@H]1CCCN1)C(=O)O. The van der Waals surface area contributed by atoms with Gasteiger partial charge in [-0.2, -0.15) is 0 Å². The summed E-state index contributed by atoms with van der Waals surface area (Å²) in [5.74, 6) is -3.02. The van der Waals surface area contributed by atoms with Crippen molar-refractivity contribution in [3.05, 3.63) is 0 Å². The summed E-state index contributed by atoms with van der Waals surface area (Å²) in [5, 5.41) is 27.9. The first-order chi connectivity index (χ1) is 11.3. The van der Waals surface area contributed by atoms with E-state index in [9.17, 15) is 24.3 Å². The first-order valence-corrected chi connectivity index (χ1v) is 7.74. The van der Waals surface area contributed by atoms with Gasteiger partial charge in [0.2, 0.25) is 17.7 Å². The molecule has 1 rings (SSSR count). The van der Waals surface area contributed by atoms with E-state index in [2.05, 4.69) is 21.3 Å². The van der Waals surface area contributed by atoms with Crippen molar-refractivity contribution in [3.63, 3.8) is 0 Å². The first kappa shape index (κ1) is 19.8. The quantitative estimate of drug-likeness (QED) is 0.280. The Labute approximate surface area is 139 Å². The molecule has 0 spiro atoms. The summed E-state index contributed by atoms with van der Waals surface area (Å²) in [6.07, 6.45) is 1.57. The van der Waals surface area contributed by atoms with Crippen LogP contribution >= 0.6 is 0 Å². The lowest BCUT2D eigenvalue weighted by Crippen LogP contribution is -2.57. The van der Waals surface area contributed by atoms with E-state index in [4.69, 9.17) is 5.11 Å². The summed E-state index contributed by atoms with van der Waals surface area (Å²) in [7, 11) is 0. The summed E-state index contributed by atoms with van der Waals surface area (Å²) in [5.41, 5.74) is 0. The summed E-state index contributed by atoms with van der Waals surface area (Å²) < 4.78 is 0. The maximum atomic E-state index is 12.0. The van der Waals surface area contributed by atoms with Crippen LogP contribution in [0.5, 0.6) is 0 Å². The number of carboxylic acids is 1. The first-order valence-electron chi connectivity index (χ1n) is 7.74. The summed E-state index contributed by atoms with van der Waals surface area (Å²) >= 11 is 0. The van der Waals surface area contributed by atoms with Crippen LogP contribution in [0.3, 0.4) is 0 Å². The van der Waals surface area contributed by atoms with Crippen molar-refractivity contribution in [2.24, 2.45) is 0 Å². The number of hydrogen-bond donors (Lipinski definition) is 6. The molecule has 0 saturated carbocycles. The lowest BCUT2D eigenvalue weighted by Gasteiger charge is -2.21. The zero-order valence-corrected chi connectivity index (χ0v) is 13.7. The molecule has 10 heteroatoms. The van der Waals surface area contributed by atoms with Crippen LogP contribution in [0, 0.1) is 0 Å². The van der Waals surface area contributed by atoms with Crippen LogP contribution in [-0.4, -0.2) is 71.2 Å². The van der Waals surface area contributed by atoms with Crippen molar-refractivity contribution in [1.82, 2.24) is 21.3 Å². The minimum atomic E-state index is -1.30.